The Morgan fingerprint density at radius 3 is 2.25 bits per heavy atom. The third-order valence-corrected chi connectivity index (χ3v) is 4.21. The SMILES string of the molecule is CCC[C@H]1CC[C@H](c2ccc(S)cc2)CC1. The van der Waals surface area contributed by atoms with Gasteiger partial charge in [0.1, 0.15) is 0 Å². The predicted octanol–water partition coefficient (Wildman–Crippen LogP) is 5.05. The van der Waals surface area contributed by atoms with Gasteiger partial charge in [0.2, 0.25) is 0 Å². The highest BCUT2D eigenvalue weighted by molar-refractivity contribution is 7.80. The molecule has 1 aliphatic carbocycles. The maximum absolute atomic E-state index is 4.34. The summed E-state index contributed by atoms with van der Waals surface area (Å²) in [5.41, 5.74) is 1.52. The highest BCUT2D eigenvalue weighted by Crippen LogP contribution is 2.37. The van der Waals surface area contributed by atoms with E-state index >= 15 is 0 Å². The van der Waals surface area contributed by atoms with Crippen LogP contribution >= 0.6 is 12.6 Å². The Bertz CT molecular complexity index is 307. The standard InChI is InChI=1S/C15H22S/c1-2-3-12-4-6-13(7-5-12)14-8-10-15(16)11-9-14/h8-13,16H,2-7H2,1H3/t12-,13-. The second-order valence-electron chi connectivity index (χ2n) is 5.10. The fourth-order valence-electron chi connectivity index (χ4n) is 2.94. The molecule has 0 atom stereocenters. The molecule has 0 nitrogen and oxygen atoms in total. The summed E-state index contributed by atoms with van der Waals surface area (Å²) in [6, 6.07) is 8.76. The third-order valence-electron chi connectivity index (χ3n) is 3.91. The Balaban J connectivity index is 1.91. The van der Waals surface area contributed by atoms with E-state index in [1.54, 1.807) is 0 Å². The lowest BCUT2D eigenvalue weighted by atomic mass is 9.77. The average Bonchev–Trinajstić information content (AvgIpc) is 2.32. The van der Waals surface area contributed by atoms with E-state index in [-0.39, 0.29) is 0 Å². The van der Waals surface area contributed by atoms with Crippen LogP contribution in [0.3, 0.4) is 0 Å². The molecule has 0 saturated heterocycles. The monoisotopic (exact) mass is 234 g/mol. The topological polar surface area (TPSA) is 0 Å². The van der Waals surface area contributed by atoms with Crippen molar-refractivity contribution in [1.29, 1.82) is 0 Å². The van der Waals surface area contributed by atoms with E-state index in [1.807, 2.05) is 0 Å². The minimum atomic E-state index is 0.807. The fraction of sp³-hybridized carbons (Fsp3) is 0.600. The average molecular weight is 234 g/mol. The van der Waals surface area contributed by atoms with Crippen molar-refractivity contribution >= 4 is 12.6 Å². The van der Waals surface area contributed by atoms with Crippen LogP contribution in [0.5, 0.6) is 0 Å². The molecule has 0 unspecified atom stereocenters. The zero-order valence-electron chi connectivity index (χ0n) is 10.2. The minimum Gasteiger partial charge on any atom is -0.143 e. The van der Waals surface area contributed by atoms with Crippen LogP contribution in [-0.4, -0.2) is 0 Å². The summed E-state index contributed by atoms with van der Waals surface area (Å²) >= 11 is 4.34. The summed E-state index contributed by atoms with van der Waals surface area (Å²) in [6.45, 7) is 2.30. The van der Waals surface area contributed by atoms with Crippen LogP contribution in [0.25, 0.3) is 0 Å². The van der Waals surface area contributed by atoms with E-state index < -0.39 is 0 Å². The molecule has 0 heterocycles. The zero-order valence-corrected chi connectivity index (χ0v) is 11.0. The molecule has 1 saturated carbocycles. The smallest absolute Gasteiger partial charge is 0.00401 e. The Morgan fingerprint density at radius 2 is 1.69 bits per heavy atom. The summed E-state index contributed by atoms with van der Waals surface area (Å²) in [5.74, 6) is 1.81. The second-order valence-corrected chi connectivity index (χ2v) is 5.61. The van der Waals surface area contributed by atoms with Crippen molar-refractivity contribution in [2.45, 2.75) is 56.3 Å². The lowest BCUT2D eigenvalue weighted by Gasteiger charge is -2.28. The van der Waals surface area contributed by atoms with E-state index in [9.17, 15) is 0 Å². The first-order valence-corrected chi connectivity index (χ1v) is 7.03. The van der Waals surface area contributed by atoms with Crippen molar-refractivity contribution < 1.29 is 0 Å². The Morgan fingerprint density at radius 1 is 1.06 bits per heavy atom. The van der Waals surface area contributed by atoms with Crippen molar-refractivity contribution in [3.8, 4) is 0 Å². The van der Waals surface area contributed by atoms with Gasteiger partial charge >= 0.3 is 0 Å². The first kappa shape index (κ1) is 12.0. The van der Waals surface area contributed by atoms with Crippen LogP contribution < -0.4 is 0 Å². The molecule has 0 bridgehead atoms. The van der Waals surface area contributed by atoms with E-state index in [1.165, 1.54) is 44.1 Å². The fourth-order valence-corrected chi connectivity index (χ4v) is 3.09. The van der Waals surface area contributed by atoms with Crippen molar-refractivity contribution in [3.63, 3.8) is 0 Å². The summed E-state index contributed by atoms with van der Waals surface area (Å²) in [4.78, 5) is 1.07. The number of hydrogen-bond acceptors (Lipinski definition) is 1. The molecule has 1 fully saturated rings. The van der Waals surface area contributed by atoms with Crippen molar-refractivity contribution in [2.24, 2.45) is 5.92 Å². The van der Waals surface area contributed by atoms with Gasteiger partial charge in [-0.05, 0) is 55.2 Å². The summed E-state index contributed by atoms with van der Waals surface area (Å²) < 4.78 is 0. The largest absolute Gasteiger partial charge is 0.143 e. The van der Waals surface area contributed by atoms with Gasteiger partial charge in [0.15, 0.2) is 0 Å². The molecule has 0 N–H and O–H groups in total. The zero-order chi connectivity index (χ0) is 11.4. The molecule has 88 valence electrons. The predicted molar refractivity (Wildman–Crippen MR) is 73.3 cm³/mol. The van der Waals surface area contributed by atoms with E-state index in [0.29, 0.717) is 0 Å². The third kappa shape index (κ3) is 3.04. The van der Waals surface area contributed by atoms with Crippen molar-refractivity contribution in [3.05, 3.63) is 29.8 Å². The van der Waals surface area contributed by atoms with Gasteiger partial charge < -0.3 is 0 Å². The normalized spacial score (nSPS) is 25.6. The molecule has 0 aromatic heterocycles. The molecule has 1 aliphatic rings. The lowest BCUT2D eigenvalue weighted by molar-refractivity contribution is 0.308. The van der Waals surface area contributed by atoms with Gasteiger partial charge in [-0.1, -0.05) is 31.9 Å². The van der Waals surface area contributed by atoms with Gasteiger partial charge in [-0.3, -0.25) is 0 Å². The quantitative estimate of drug-likeness (QED) is 0.695. The second kappa shape index (κ2) is 5.77. The first-order valence-electron chi connectivity index (χ1n) is 6.58. The highest BCUT2D eigenvalue weighted by atomic mass is 32.1. The van der Waals surface area contributed by atoms with Crippen LogP contribution in [0.4, 0.5) is 0 Å². The van der Waals surface area contributed by atoms with Gasteiger partial charge in [0.25, 0.3) is 0 Å². The van der Waals surface area contributed by atoms with Gasteiger partial charge in [0.05, 0.1) is 0 Å². The van der Waals surface area contributed by atoms with Gasteiger partial charge in [-0.25, -0.2) is 0 Å². The molecule has 0 aliphatic heterocycles. The minimum absolute atomic E-state index is 0.807. The van der Waals surface area contributed by atoms with E-state index in [4.69, 9.17) is 0 Å². The molecule has 0 radical (unpaired) electrons. The molecular weight excluding hydrogens is 212 g/mol. The number of thiol groups is 1. The first-order chi connectivity index (χ1) is 7.79. The van der Waals surface area contributed by atoms with Crippen LogP contribution in [0.1, 0.15) is 56.9 Å². The molecular formula is C15H22S. The van der Waals surface area contributed by atoms with E-state index in [0.717, 1.165) is 16.7 Å². The molecule has 1 aromatic rings. The van der Waals surface area contributed by atoms with Crippen molar-refractivity contribution in [2.75, 3.05) is 0 Å². The number of benzene rings is 1. The number of hydrogen-bond donors (Lipinski definition) is 1. The maximum Gasteiger partial charge on any atom is 0.00401 e. The maximum atomic E-state index is 4.34. The lowest BCUT2D eigenvalue weighted by Crippen LogP contribution is -2.13. The molecule has 2 rings (SSSR count). The van der Waals surface area contributed by atoms with Crippen LogP contribution in [-0.2, 0) is 0 Å². The van der Waals surface area contributed by atoms with Gasteiger partial charge in [-0.2, -0.15) is 0 Å². The van der Waals surface area contributed by atoms with Crippen LogP contribution in [0.2, 0.25) is 0 Å². The summed E-state index contributed by atoms with van der Waals surface area (Å²) in [5, 5.41) is 0. The molecule has 1 aromatic carbocycles. The molecule has 0 spiro atoms. The molecule has 0 amide bonds. The molecule has 16 heavy (non-hydrogen) atoms. The van der Waals surface area contributed by atoms with E-state index in [2.05, 4.69) is 43.8 Å². The Hall–Kier alpha value is -0.430. The summed E-state index contributed by atoms with van der Waals surface area (Å²) in [6.07, 6.45) is 8.42. The van der Waals surface area contributed by atoms with Crippen LogP contribution in [0, 0.1) is 5.92 Å². The molecule has 1 heteroatoms. The van der Waals surface area contributed by atoms with Gasteiger partial charge in [0, 0.05) is 4.90 Å². The Labute approximate surface area is 105 Å². The number of rotatable bonds is 3. The Kier molecular flexibility index (Phi) is 4.34. The highest BCUT2D eigenvalue weighted by Gasteiger charge is 2.21. The summed E-state index contributed by atoms with van der Waals surface area (Å²) in [7, 11) is 0. The van der Waals surface area contributed by atoms with Crippen molar-refractivity contribution in [1.82, 2.24) is 0 Å². The van der Waals surface area contributed by atoms with Gasteiger partial charge in [-0.15, -0.1) is 12.6 Å². The van der Waals surface area contributed by atoms with Crippen LogP contribution in [0.15, 0.2) is 29.2 Å².